The van der Waals surface area contributed by atoms with Gasteiger partial charge in [-0.3, -0.25) is 4.21 Å². The highest BCUT2D eigenvalue weighted by molar-refractivity contribution is 7.85. The second-order valence-electron chi connectivity index (χ2n) is 9.34. The van der Waals surface area contributed by atoms with Crippen molar-refractivity contribution in [3.05, 3.63) is 46.5 Å². The number of aromatic nitrogens is 1. The third kappa shape index (κ3) is 2.99. The zero-order chi connectivity index (χ0) is 20.5. The van der Waals surface area contributed by atoms with Crippen molar-refractivity contribution in [1.82, 2.24) is 4.98 Å². The number of fused-ring (bicyclic) bond motifs is 2. The van der Waals surface area contributed by atoms with Crippen molar-refractivity contribution in [3.8, 4) is 0 Å². The molecule has 2 N–H and O–H groups in total. The Kier molecular flexibility index (Phi) is 4.41. The number of aryl methyl sites for hydroxylation is 1. The minimum Gasteiger partial charge on any atom is -0.394 e. The van der Waals surface area contributed by atoms with Crippen molar-refractivity contribution in [3.63, 3.8) is 0 Å². The van der Waals surface area contributed by atoms with Gasteiger partial charge in [-0.1, -0.05) is 23.7 Å². The van der Waals surface area contributed by atoms with Crippen LogP contribution in [0.15, 0.2) is 35.2 Å². The van der Waals surface area contributed by atoms with E-state index in [1.165, 1.54) is 5.56 Å². The maximum absolute atomic E-state index is 12.6. The first-order valence-electron chi connectivity index (χ1n) is 10.9. The Labute approximate surface area is 184 Å². The maximum Gasteiger partial charge on any atom is 0.145 e. The van der Waals surface area contributed by atoms with Crippen LogP contribution in [-0.2, 0) is 17.2 Å². The molecule has 2 aromatic rings. The smallest absolute Gasteiger partial charge is 0.145 e. The molecule has 0 radical (unpaired) electrons. The molecule has 2 unspecified atom stereocenters. The lowest BCUT2D eigenvalue weighted by molar-refractivity contribution is 0.143. The molecule has 1 aromatic carbocycles. The summed E-state index contributed by atoms with van der Waals surface area (Å²) in [4.78, 5) is 8.20. The molecule has 2 saturated carbocycles. The highest BCUT2D eigenvalue weighted by Crippen LogP contribution is 2.58. The van der Waals surface area contributed by atoms with Gasteiger partial charge in [0.25, 0.3) is 0 Å². The lowest BCUT2D eigenvalue weighted by Crippen LogP contribution is -2.48. The molecular weight excluding hydrogens is 418 g/mol. The SMILES string of the molecule is O=[S@@]1CCc2cc(N3CC4C(C3)C4c3ccc(Cl)cc3)nc(NC3(CO)CCC3)c21. The van der Waals surface area contributed by atoms with E-state index in [1.807, 2.05) is 12.1 Å². The minimum atomic E-state index is -1.00. The fraction of sp³-hybridized carbons (Fsp3) is 0.522. The molecule has 30 heavy (non-hydrogen) atoms. The van der Waals surface area contributed by atoms with E-state index in [-0.39, 0.29) is 12.1 Å². The van der Waals surface area contributed by atoms with Crippen LogP contribution in [0.1, 0.15) is 36.3 Å². The predicted octanol–water partition coefficient (Wildman–Crippen LogP) is 3.58. The molecule has 2 aliphatic carbocycles. The topological polar surface area (TPSA) is 65.5 Å². The van der Waals surface area contributed by atoms with Gasteiger partial charge in [0.2, 0.25) is 0 Å². The molecule has 0 amide bonds. The standard InChI is InChI=1S/C23H26ClN3O2S/c24-16-4-2-14(3-5-16)20-17-11-27(12-18(17)20)19-10-15-6-9-30(29)21(15)22(25-19)26-23(13-28)7-1-8-23/h2-5,10,17-18,20,28H,1,6-9,11-13H2,(H,25,26)/t17?,18?,20?,30-/m1/s1. The number of halogens is 1. The number of hydrogen-bond acceptors (Lipinski definition) is 5. The zero-order valence-electron chi connectivity index (χ0n) is 16.8. The largest absolute Gasteiger partial charge is 0.394 e. The van der Waals surface area contributed by atoms with E-state index in [1.54, 1.807) is 0 Å². The number of pyridine rings is 1. The first-order valence-corrected chi connectivity index (χ1v) is 12.6. The summed E-state index contributed by atoms with van der Waals surface area (Å²) in [6.07, 6.45) is 3.83. The normalized spacial score (nSPS) is 30.5. The number of piperidine rings is 1. The van der Waals surface area contributed by atoms with Crippen molar-refractivity contribution < 1.29 is 9.32 Å². The molecule has 7 heteroatoms. The van der Waals surface area contributed by atoms with E-state index in [0.717, 1.165) is 65.9 Å². The number of rotatable bonds is 5. The summed E-state index contributed by atoms with van der Waals surface area (Å²) in [5, 5.41) is 14.2. The number of nitrogens with one attached hydrogen (secondary N) is 1. The van der Waals surface area contributed by atoms with Gasteiger partial charge < -0.3 is 15.3 Å². The van der Waals surface area contributed by atoms with E-state index < -0.39 is 10.8 Å². The fourth-order valence-corrected chi connectivity index (χ4v) is 7.13. The maximum atomic E-state index is 12.6. The molecule has 1 saturated heterocycles. The summed E-state index contributed by atoms with van der Waals surface area (Å²) in [7, 11) is -1.00. The first kappa shape index (κ1) is 19.1. The van der Waals surface area contributed by atoms with Gasteiger partial charge in [0, 0.05) is 23.9 Å². The molecule has 0 bridgehead atoms. The Morgan fingerprint density at radius 2 is 1.97 bits per heavy atom. The highest BCUT2D eigenvalue weighted by Gasteiger charge is 2.56. The number of nitrogens with zero attached hydrogens (tertiary/aromatic N) is 2. The quantitative estimate of drug-likeness (QED) is 0.739. The van der Waals surface area contributed by atoms with Gasteiger partial charge >= 0.3 is 0 Å². The van der Waals surface area contributed by atoms with Gasteiger partial charge in [0.05, 0.1) is 27.8 Å². The zero-order valence-corrected chi connectivity index (χ0v) is 18.4. The first-order chi connectivity index (χ1) is 14.6. The minimum absolute atomic E-state index is 0.0942. The second kappa shape index (κ2) is 6.94. The molecule has 3 heterocycles. The van der Waals surface area contributed by atoms with Crippen LogP contribution in [0.25, 0.3) is 0 Å². The van der Waals surface area contributed by atoms with Gasteiger partial charge in [-0.15, -0.1) is 0 Å². The van der Waals surface area contributed by atoms with Crippen LogP contribution in [0, 0.1) is 11.8 Å². The van der Waals surface area contributed by atoms with Crippen LogP contribution in [0.2, 0.25) is 5.02 Å². The predicted molar refractivity (Wildman–Crippen MR) is 120 cm³/mol. The molecule has 3 atom stereocenters. The molecule has 0 spiro atoms. The van der Waals surface area contributed by atoms with Gasteiger partial charge in [0.1, 0.15) is 11.6 Å². The van der Waals surface area contributed by atoms with Crippen LogP contribution in [0.4, 0.5) is 11.6 Å². The molecule has 158 valence electrons. The van der Waals surface area contributed by atoms with Gasteiger partial charge in [-0.05, 0) is 72.8 Å². The molecule has 2 aliphatic heterocycles. The van der Waals surface area contributed by atoms with Crippen molar-refractivity contribution in [2.75, 3.05) is 35.7 Å². The molecular formula is C23H26ClN3O2S. The third-order valence-electron chi connectivity index (χ3n) is 7.59. The van der Waals surface area contributed by atoms with E-state index >= 15 is 0 Å². The van der Waals surface area contributed by atoms with Crippen molar-refractivity contribution in [2.24, 2.45) is 11.8 Å². The average Bonchev–Trinajstić information content (AvgIpc) is 3.04. The number of anilines is 2. The summed E-state index contributed by atoms with van der Waals surface area (Å²) in [5.41, 5.74) is 2.26. The van der Waals surface area contributed by atoms with E-state index in [4.69, 9.17) is 16.6 Å². The highest BCUT2D eigenvalue weighted by atomic mass is 35.5. The Morgan fingerprint density at radius 1 is 1.23 bits per heavy atom. The Bertz CT molecular complexity index is 1010. The number of aliphatic hydroxyl groups is 1. The van der Waals surface area contributed by atoms with Crippen LogP contribution in [-0.4, -0.2) is 45.3 Å². The van der Waals surface area contributed by atoms with E-state index in [2.05, 4.69) is 28.4 Å². The Hall–Kier alpha value is -1.63. The molecule has 4 aliphatic rings. The van der Waals surface area contributed by atoms with Crippen LogP contribution in [0.5, 0.6) is 0 Å². The lowest BCUT2D eigenvalue weighted by Gasteiger charge is -2.41. The van der Waals surface area contributed by atoms with Crippen molar-refractivity contribution >= 4 is 34.0 Å². The summed E-state index contributed by atoms with van der Waals surface area (Å²) < 4.78 is 12.6. The third-order valence-corrected chi connectivity index (χ3v) is 9.33. The summed E-state index contributed by atoms with van der Waals surface area (Å²) in [5.74, 6) is 4.37. The Balaban J connectivity index is 1.25. The molecule has 3 fully saturated rings. The van der Waals surface area contributed by atoms with E-state index in [0.29, 0.717) is 23.5 Å². The monoisotopic (exact) mass is 443 g/mol. The molecule has 1 aromatic heterocycles. The lowest BCUT2D eigenvalue weighted by atomic mass is 9.77. The second-order valence-corrected chi connectivity index (χ2v) is 11.3. The number of hydrogen-bond donors (Lipinski definition) is 2. The van der Waals surface area contributed by atoms with Crippen LogP contribution >= 0.6 is 11.6 Å². The van der Waals surface area contributed by atoms with Crippen LogP contribution in [0.3, 0.4) is 0 Å². The van der Waals surface area contributed by atoms with E-state index in [9.17, 15) is 9.32 Å². The van der Waals surface area contributed by atoms with Gasteiger partial charge in [-0.25, -0.2) is 4.98 Å². The van der Waals surface area contributed by atoms with Gasteiger partial charge in [-0.2, -0.15) is 0 Å². The fourth-order valence-electron chi connectivity index (χ4n) is 5.63. The summed E-state index contributed by atoms with van der Waals surface area (Å²) in [6.45, 7) is 2.12. The van der Waals surface area contributed by atoms with Gasteiger partial charge in [0.15, 0.2) is 0 Å². The molecule has 5 nitrogen and oxygen atoms in total. The summed E-state index contributed by atoms with van der Waals surface area (Å²) in [6, 6.07) is 10.4. The Morgan fingerprint density at radius 3 is 2.60 bits per heavy atom. The van der Waals surface area contributed by atoms with Crippen molar-refractivity contribution in [2.45, 2.75) is 42.0 Å². The number of aliphatic hydroxyl groups excluding tert-OH is 1. The summed E-state index contributed by atoms with van der Waals surface area (Å²) >= 11 is 6.04. The average molecular weight is 444 g/mol. The van der Waals surface area contributed by atoms with Crippen molar-refractivity contribution in [1.29, 1.82) is 0 Å². The number of benzene rings is 1. The van der Waals surface area contributed by atoms with Crippen LogP contribution < -0.4 is 10.2 Å². The molecule has 6 rings (SSSR count).